The van der Waals surface area contributed by atoms with Crippen molar-refractivity contribution in [1.82, 2.24) is 4.98 Å². The smallest absolute Gasteiger partial charge is 0.0400 e. The van der Waals surface area contributed by atoms with Crippen LogP contribution in [0.2, 0.25) is 0 Å². The van der Waals surface area contributed by atoms with Crippen molar-refractivity contribution in [3.63, 3.8) is 0 Å². The van der Waals surface area contributed by atoms with Gasteiger partial charge in [-0.15, -0.1) is 11.8 Å². The Morgan fingerprint density at radius 1 is 1.04 bits per heavy atom. The topological polar surface area (TPSA) is 16.1 Å². The maximum atomic E-state index is 4.32. The minimum absolute atomic E-state index is 0.582. The van der Waals surface area contributed by atoms with Crippen molar-refractivity contribution in [2.45, 2.75) is 58.1 Å². The largest absolute Gasteiger partial charge is 0.371 e. The third kappa shape index (κ3) is 4.76. The van der Waals surface area contributed by atoms with Gasteiger partial charge in [0.05, 0.1) is 0 Å². The van der Waals surface area contributed by atoms with E-state index in [2.05, 4.69) is 75.7 Å². The van der Waals surface area contributed by atoms with E-state index in [9.17, 15) is 0 Å². The normalized spacial score (nSPS) is 12.2. The highest BCUT2D eigenvalue weighted by Gasteiger charge is 2.16. The van der Waals surface area contributed by atoms with E-state index in [4.69, 9.17) is 0 Å². The second kappa shape index (κ2) is 8.57. The summed E-state index contributed by atoms with van der Waals surface area (Å²) in [6.07, 6.45) is 3.08. The van der Waals surface area contributed by atoms with Crippen molar-refractivity contribution in [3.8, 4) is 0 Å². The van der Waals surface area contributed by atoms with Crippen molar-refractivity contribution in [2.75, 3.05) is 18.0 Å². The lowest BCUT2D eigenvalue weighted by atomic mass is 10.1. The van der Waals surface area contributed by atoms with Crippen LogP contribution < -0.4 is 4.90 Å². The lowest BCUT2D eigenvalue weighted by molar-refractivity contribution is 0.745. The zero-order valence-electron chi connectivity index (χ0n) is 15.9. The Bertz CT molecular complexity index is 658. The molecule has 0 saturated carbocycles. The molecule has 0 aliphatic rings. The van der Waals surface area contributed by atoms with Crippen molar-refractivity contribution >= 4 is 17.4 Å². The van der Waals surface area contributed by atoms with Crippen molar-refractivity contribution in [3.05, 3.63) is 52.8 Å². The van der Waals surface area contributed by atoms with Gasteiger partial charge >= 0.3 is 0 Å². The van der Waals surface area contributed by atoms with E-state index in [1.807, 2.05) is 18.0 Å². The minimum Gasteiger partial charge on any atom is -0.371 e. The number of pyridine rings is 1. The van der Waals surface area contributed by atoms with Crippen LogP contribution in [-0.4, -0.2) is 23.3 Å². The molecule has 0 amide bonds. The van der Waals surface area contributed by atoms with Gasteiger partial charge in [-0.3, -0.25) is 4.98 Å². The van der Waals surface area contributed by atoms with Gasteiger partial charge in [-0.25, -0.2) is 0 Å². The first kappa shape index (κ1) is 18.9. The minimum atomic E-state index is 0.582. The third-order valence-electron chi connectivity index (χ3n) is 4.40. The summed E-state index contributed by atoms with van der Waals surface area (Å²) in [6, 6.07) is 8.90. The van der Waals surface area contributed by atoms with E-state index in [1.165, 1.54) is 27.3 Å². The fraction of sp³-hybridized carbons (Fsp3) is 0.476. The molecule has 0 radical (unpaired) electrons. The van der Waals surface area contributed by atoms with Gasteiger partial charge in [0.1, 0.15) is 0 Å². The van der Waals surface area contributed by atoms with E-state index in [1.54, 1.807) is 0 Å². The molecule has 24 heavy (non-hydrogen) atoms. The third-order valence-corrected chi connectivity index (χ3v) is 6.09. The van der Waals surface area contributed by atoms with Gasteiger partial charge in [-0.1, -0.05) is 24.6 Å². The number of hydrogen-bond donors (Lipinski definition) is 0. The zero-order valence-corrected chi connectivity index (χ0v) is 16.7. The highest BCUT2D eigenvalue weighted by atomic mass is 32.2. The lowest BCUT2D eigenvalue weighted by Gasteiger charge is -2.28. The molecule has 2 aromatic rings. The molecule has 2 nitrogen and oxygen atoms in total. The summed E-state index contributed by atoms with van der Waals surface area (Å²) in [5.74, 6) is 0. The van der Waals surface area contributed by atoms with Gasteiger partial charge in [0.15, 0.2) is 0 Å². The molecule has 1 atom stereocenters. The van der Waals surface area contributed by atoms with Crippen LogP contribution in [0.15, 0.2) is 35.4 Å². The highest BCUT2D eigenvalue weighted by molar-refractivity contribution is 8.00. The Labute approximate surface area is 151 Å². The summed E-state index contributed by atoms with van der Waals surface area (Å²) in [5.41, 5.74) is 6.51. The molecular formula is C21H30N2S. The van der Waals surface area contributed by atoms with E-state index in [-0.39, 0.29) is 0 Å². The number of benzene rings is 1. The molecule has 0 aliphatic carbocycles. The van der Waals surface area contributed by atoms with Gasteiger partial charge in [-0.05, 0) is 64.3 Å². The van der Waals surface area contributed by atoms with E-state index in [0.717, 1.165) is 25.2 Å². The molecule has 0 bridgehead atoms. The Kier molecular flexibility index (Phi) is 6.73. The summed E-state index contributed by atoms with van der Waals surface area (Å²) < 4.78 is 0. The standard InChI is InChI=1S/C21H30N2S/c1-7-20(24-21-16(4)11-15(3)12-17(21)5)14-23(8-2)19-9-10-22-18(6)13-19/h9-13,20H,7-8,14H2,1-6H3. The molecule has 0 spiro atoms. The summed E-state index contributed by atoms with van der Waals surface area (Å²) in [4.78, 5) is 8.24. The number of thioether (sulfide) groups is 1. The number of aromatic nitrogens is 1. The molecule has 0 fully saturated rings. The van der Waals surface area contributed by atoms with Gasteiger partial charge in [0.25, 0.3) is 0 Å². The molecule has 0 N–H and O–H groups in total. The molecule has 0 aliphatic heterocycles. The van der Waals surface area contributed by atoms with Crippen LogP contribution in [0.25, 0.3) is 0 Å². The van der Waals surface area contributed by atoms with Crippen molar-refractivity contribution in [2.24, 2.45) is 0 Å². The van der Waals surface area contributed by atoms with Gasteiger partial charge in [0, 0.05) is 40.8 Å². The maximum absolute atomic E-state index is 4.32. The average Bonchev–Trinajstić information content (AvgIpc) is 2.53. The van der Waals surface area contributed by atoms with Crippen molar-refractivity contribution in [1.29, 1.82) is 0 Å². The second-order valence-corrected chi connectivity index (χ2v) is 7.88. The SMILES string of the molecule is CCC(CN(CC)c1ccnc(C)c1)Sc1c(C)cc(C)cc1C. The predicted octanol–water partition coefficient (Wildman–Crippen LogP) is 5.71. The number of aryl methyl sites for hydroxylation is 4. The van der Waals surface area contributed by atoms with Gasteiger partial charge in [0.2, 0.25) is 0 Å². The molecule has 3 heteroatoms. The van der Waals surface area contributed by atoms with Crippen LogP contribution in [0.1, 0.15) is 42.7 Å². The Morgan fingerprint density at radius 3 is 2.25 bits per heavy atom. The fourth-order valence-electron chi connectivity index (χ4n) is 3.16. The first-order valence-electron chi connectivity index (χ1n) is 8.86. The van der Waals surface area contributed by atoms with Crippen LogP contribution in [0, 0.1) is 27.7 Å². The Balaban J connectivity index is 2.16. The first-order valence-corrected chi connectivity index (χ1v) is 9.74. The molecule has 2 rings (SSSR count). The molecule has 1 aromatic heterocycles. The number of rotatable bonds is 7. The molecular weight excluding hydrogens is 312 g/mol. The monoisotopic (exact) mass is 342 g/mol. The van der Waals surface area contributed by atoms with Crippen LogP contribution in [0.3, 0.4) is 0 Å². The van der Waals surface area contributed by atoms with E-state index >= 15 is 0 Å². The number of nitrogens with zero attached hydrogens (tertiary/aromatic N) is 2. The summed E-state index contributed by atoms with van der Waals surface area (Å²) in [6.45, 7) is 15.3. The Morgan fingerprint density at radius 2 is 1.71 bits per heavy atom. The fourth-order valence-corrected chi connectivity index (χ4v) is 4.40. The Hall–Kier alpha value is -1.48. The molecule has 130 valence electrons. The average molecular weight is 343 g/mol. The summed E-state index contributed by atoms with van der Waals surface area (Å²) in [5, 5.41) is 0.582. The molecule has 0 saturated heterocycles. The quantitative estimate of drug-likeness (QED) is 0.599. The van der Waals surface area contributed by atoms with Crippen LogP contribution >= 0.6 is 11.8 Å². The summed E-state index contributed by atoms with van der Waals surface area (Å²) in [7, 11) is 0. The number of anilines is 1. The van der Waals surface area contributed by atoms with Crippen LogP contribution in [0.5, 0.6) is 0 Å². The number of hydrogen-bond acceptors (Lipinski definition) is 3. The summed E-state index contributed by atoms with van der Waals surface area (Å²) >= 11 is 2.04. The second-order valence-electron chi connectivity index (χ2n) is 6.57. The van der Waals surface area contributed by atoms with E-state index in [0.29, 0.717) is 5.25 Å². The molecule has 1 heterocycles. The maximum Gasteiger partial charge on any atom is 0.0400 e. The zero-order chi connectivity index (χ0) is 17.7. The highest BCUT2D eigenvalue weighted by Crippen LogP contribution is 2.33. The first-order chi connectivity index (χ1) is 11.4. The molecule has 1 unspecified atom stereocenters. The predicted molar refractivity (Wildman–Crippen MR) is 107 cm³/mol. The van der Waals surface area contributed by atoms with Crippen LogP contribution in [0.4, 0.5) is 5.69 Å². The molecule has 1 aromatic carbocycles. The van der Waals surface area contributed by atoms with E-state index < -0.39 is 0 Å². The van der Waals surface area contributed by atoms with Gasteiger partial charge < -0.3 is 4.90 Å². The van der Waals surface area contributed by atoms with Crippen LogP contribution in [-0.2, 0) is 0 Å². The van der Waals surface area contributed by atoms with Gasteiger partial charge in [-0.2, -0.15) is 0 Å². The lowest BCUT2D eigenvalue weighted by Crippen LogP contribution is -2.30. The van der Waals surface area contributed by atoms with Crippen molar-refractivity contribution < 1.29 is 0 Å².